The molecule has 1 fully saturated rings. The fraction of sp³-hybridized carbons (Fsp3) is 0.455. The molecule has 2 aromatic rings. The Hall–Kier alpha value is -2.52. The van der Waals surface area contributed by atoms with Crippen molar-refractivity contribution in [3.8, 4) is 22.6 Å². The molecular weight excluding hydrogens is 449 g/mol. The van der Waals surface area contributed by atoms with E-state index in [2.05, 4.69) is 17.2 Å². The SMILES string of the molecule is CCCOc1cncc(-c2cc(Cl)cc(C)c2OC2CCNCC2)c1.O=C(O)C(F)(F)F. The third kappa shape index (κ3) is 7.87. The first-order valence-corrected chi connectivity index (χ1v) is 10.6. The summed E-state index contributed by atoms with van der Waals surface area (Å²) in [4.78, 5) is 13.2. The number of carbonyl (C=O) groups is 1. The van der Waals surface area contributed by atoms with Gasteiger partial charge in [-0.1, -0.05) is 18.5 Å². The molecule has 6 nitrogen and oxygen atoms in total. The third-order valence-corrected chi connectivity index (χ3v) is 4.77. The number of benzene rings is 1. The van der Waals surface area contributed by atoms with E-state index in [-0.39, 0.29) is 6.10 Å². The molecule has 0 amide bonds. The zero-order valence-electron chi connectivity index (χ0n) is 17.8. The van der Waals surface area contributed by atoms with Crippen molar-refractivity contribution in [2.24, 2.45) is 0 Å². The van der Waals surface area contributed by atoms with E-state index in [4.69, 9.17) is 31.0 Å². The van der Waals surface area contributed by atoms with Crippen LogP contribution in [-0.4, -0.2) is 48.0 Å². The largest absolute Gasteiger partial charge is 0.492 e. The second kappa shape index (κ2) is 11.9. The second-order valence-corrected chi connectivity index (χ2v) is 7.66. The lowest BCUT2D eigenvalue weighted by Gasteiger charge is -2.26. The fourth-order valence-electron chi connectivity index (χ4n) is 3.05. The molecule has 0 bridgehead atoms. The van der Waals surface area contributed by atoms with E-state index in [0.717, 1.165) is 60.5 Å². The summed E-state index contributed by atoms with van der Waals surface area (Å²) in [5, 5.41) is 11.2. The highest BCUT2D eigenvalue weighted by Crippen LogP contribution is 2.38. The van der Waals surface area contributed by atoms with Gasteiger partial charge in [0, 0.05) is 22.3 Å². The number of aliphatic carboxylic acids is 1. The molecule has 0 radical (unpaired) electrons. The molecule has 10 heteroatoms. The maximum atomic E-state index is 10.6. The van der Waals surface area contributed by atoms with Crippen LogP contribution in [0.3, 0.4) is 0 Å². The number of carboxylic acids is 1. The van der Waals surface area contributed by atoms with Gasteiger partial charge < -0.3 is 19.9 Å². The molecule has 0 saturated carbocycles. The van der Waals surface area contributed by atoms with E-state index >= 15 is 0 Å². The molecule has 0 aliphatic carbocycles. The number of halogens is 4. The molecule has 176 valence electrons. The molecule has 1 saturated heterocycles. The number of carboxylic acid groups (broad SMARTS) is 1. The van der Waals surface area contributed by atoms with Crippen LogP contribution in [0.15, 0.2) is 30.6 Å². The molecule has 32 heavy (non-hydrogen) atoms. The molecule has 1 aliphatic rings. The average molecular weight is 475 g/mol. The van der Waals surface area contributed by atoms with Gasteiger partial charge in [0.25, 0.3) is 0 Å². The number of alkyl halides is 3. The van der Waals surface area contributed by atoms with Crippen molar-refractivity contribution in [3.05, 3.63) is 41.2 Å². The van der Waals surface area contributed by atoms with Gasteiger partial charge in [0.1, 0.15) is 17.6 Å². The summed E-state index contributed by atoms with van der Waals surface area (Å²) in [6.07, 6.45) is 1.71. The number of aryl methyl sites for hydroxylation is 1. The first-order chi connectivity index (χ1) is 15.1. The van der Waals surface area contributed by atoms with Crippen molar-refractivity contribution in [1.29, 1.82) is 0 Å². The number of piperidine rings is 1. The number of rotatable bonds is 6. The van der Waals surface area contributed by atoms with Crippen LogP contribution in [0, 0.1) is 6.92 Å². The normalized spacial score (nSPS) is 14.3. The highest BCUT2D eigenvalue weighted by Gasteiger charge is 2.38. The first kappa shape index (κ1) is 25.7. The van der Waals surface area contributed by atoms with E-state index in [1.54, 1.807) is 6.20 Å². The van der Waals surface area contributed by atoms with Gasteiger partial charge in [-0.05, 0) is 63.0 Å². The zero-order valence-corrected chi connectivity index (χ0v) is 18.6. The van der Waals surface area contributed by atoms with Crippen molar-refractivity contribution in [2.75, 3.05) is 19.7 Å². The van der Waals surface area contributed by atoms with Crippen LogP contribution >= 0.6 is 11.6 Å². The minimum Gasteiger partial charge on any atom is -0.492 e. The maximum absolute atomic E-state index is 10.6. The van der Waals surface area contributed by atoms with Crippen molar-refractivity contribution in [3.63, 3.8) is 0 Å². The van der Waals surface area contributed by atoms with Crippen LogP contribution < -0.4 is 14.8 Å². The number of hydrogen-bond acceptors (Lipinski definition) is 5. The van der Waals surface area contributed by atoms with Crippen LogP contribution in [0.25, 0.3) is 11.1 Å². The molecule has 1 aliphatic heterocycles. The predicted octanol–water partition coefficient (Wildman–Crippen LogP) is 5.26. The molecule has 2 heterocycles. The van der Waals surface area contributed by atoms with E-state index in [1.165, 1.54) is 0 Å². The van der Waals surface area contributed by atoms with Crippen molar-refractivity contribution < 1.29 is 32.5 Å². The Bertz CT molecular complexity index is 903. The highest BCUT2D eigenvalue weighted by atomic mass is 35.5. The van der Waals surface area contributed by atoms with Crippen molar-refractivity contribution in [2.45, 2.75) is 45.4 Å². The molecular formula is C22H26ClF3N2O4. The van der Waals surface area contributed by atoms with E-state index in [1.807, 2.05) is 31.3 Å². The zero-order chi connectivity index (χ0) is 23.7. The third-order valence-electron chi connectivity index (χ3n) is 4.55. The van der Waals surface area contributed by atoms with Gasteiger partial charge in [-0.15, -0.1) is 0 Å². The lowest BCUT2D eigenvalue weighted by Crippen LogP contribution is -2.34. The summed E-state index contributed by atoms with van der Waals surface area (Å²) >= 11 is 6.32. The summed E-state index contributed by atoms with van der Waals surface area (Å²) in [6, 6.07) is 5.90. The number of nitrogens with zero attached hydrogens (tertiary/aromatic N) is 1. The van der Waals surface area contributed by atoms with Gasteiger partial charge >= 0.3 is 12.1 Å². The lowest BCUT2D eigenvalue weighted by atomic mass is 10.0. The average Bonchev–Trinajstić information content (AvgIpc) is 2.74. The van der Waals surface area contributed by atoms with Crippen LogP contribution in [0.4, 0.5) is 13.2 Å². The van der Waals surface area contributed by atoms with Gasteiger partial charge in [0.2, 0.25) is 0 Å². The van der Waals surface area contributed by atoms with E-state index in [0.29, 0.717) is 11.6 Å². The fourth-order valence-corrected chi connectivity index (χ4v) is 3.32. The summed E-state index contributed by atoms with van der Waals surface area (Å²) in [5.41, 5.74) is 2.97. The summed E-state index contributed by atoms with van der Waals surface area (Å²) in [7, 11) is 0. The molecule has 0 spiro atoms. The lowest BCUT2D eigenvalue weighted by molar-refractivity contribution is -0.192. The van der Waals surface area contributed by atoms with Gasteiger partial charge in [0.15, 0.2) is 0 Å². The van der Waals surface area contributed by atoms with Crippen molar-refractivity contribution in [1.82, 2.24) is 10.3 Å². The number of pyridine rings is 1. The smallest absolute Gasteiger partial charge is 0.490 e. The number of aromatic nitrogens is 1. The van der Waals surface area contributed by atoms with Crippen LogP contribution in [-0.2, 0) is 4.79 Å². The Morgan fingerprint density at radius 2 is 1.91 bits per heavy atom. The number of nitrogens with one attached hydrogen (secondary N) is 1. The maximum Gasteiger partial charge on any atom is 0.490 e. The Morgan fingerprint density at radius 1 is 1.25 bits per heavy atom. The van der Waals surface area contributed by atoms with E-state index < -0.39 is 12.1 Å². The molecule has 0 unspecified atom stereocenters. The topological polar surface area (TPSA) is 80.7 Å². The monoisotopic (exact) mass is 474 g/mol. The first-order valence-electron chi connectivity index (χ1n) is 10.2. The Morgan fingerprint density at radius 3 is 2.50 bits per heavy atom. The van der Waals surface area contributed by atoms with Gasteiger partial charge in [-0.2, -0.15) is 13.2 Å². The Balaban J connectivity index is 0.000000451. The van der Waals surface area contributed by atoms with Gasteiger partial charge in [0.05, 0.1) is 12.8 Å². The summed E-state index contributed by atoms with van der Waals surface area (Å²) < 4.78 is 43.8. The van der Waals surface area contributed by atoms with Gasteiger partial charge in [-0.3, -0.25) is 4.98 Å². The second-order valence-electron chi connectivity index (χ2n) is 7.23. The summed E-state index contributed by atoms with van der Waals surface area (Å²) in [6.45, 7) is 6.79. The molecule has 3 rings (SSSR count). The molecule has 1 aromatic heterocycles. The minimum absolute atomic E-state index is 0.229. The van der Waals surface area contributed by atoms with E-state index in [9.17, 15) is 13.2 Å². The number of hydrogen-bond donors (Lipinski definition) is 2. The van der Waals surface area contributed by atoms with Crippen LogP contribution in [0.5, 0.6) is 11.5 Å². The minimum atomic E-state index is -5.08. The standard InChI is InChI=1S/C20H25ClN2O2.C2HF3O2/c1-3-8-24-18-10-15(12-23-13-18)19-11-16(21)9-14(2)20(19)25-17-4-6-22-7-5-17;3-2(4,5)1(6)7/h9-13,17,22H,3-8H2,1-2H3;(H,6,7). The molecule has 1 aromatic carbocycles. The highest BCUT2D eigenvalue weighted by molar-refractivity contribution is 6.31. The van der Waals surface area contributed by atoms with Gasteiger partial charge in [-0.25, -0.2) is 4.79 Å². The Labute approximate surface area is 189 Å². The quantitative estimate of drug-likeness (QED) is 0.594. The number of ether oxygens (including phenoxy) is 2. The Kier molecular flexibility index (Phi) is 9.59. The van der Waals surface area contributed by atoms with Crippen molar-refractivity contribution >= 4 is 17.6 Å². The predicted molar refractivity (Wildman–Crippen MR) is 115 cm³/mol. The molecule has 2 N–H and O–H groups in total. The van der Waals surface area contributed by atoms with Crippen LogP contribution in [0.1, 0.15) is 31.7 Å². The summed E-state index contributed by atoms with van der Waals surface area (Å²) in [5.74, 6) is -1.09. The molecule has 0 atom stereocenters. The van der Waals surface area contributed by atoms with Crippen LogP contribution in [0.2, 0.25) is 5.02 Å².